The van der Waals surface area contributed by atoms with Gasteiger partial charge in [0.15, 0.2) is 0 Å². The summed E-state index contributed by atoms with van der Waals surface area (Å²) in [5, 5.41) is 0. The zero-order chi connectivity index (χ0) is 15.9. The molecule has 2 heteroatoms. The van der Waals surface area contributed by atoms with Crippen LogP contribution in [0.5, 0.6) is 11.5 Å². The third-order valence-electron chi connectivity index (χ3n) is 3.15. The molecule has 1 aromatic rings. The van der Waals surface area contributed by atoms with E-state index in [-0.39, 0.29) is 5.60 Å². The molecule has 0 atom stereocenters. The third kappa shape index (κ3) is 5.82. The minimum atomic E-state index is -0.233. The van der Waals surface area contributed by atoms with Crippen molar-refractivity contribution in [1.29, 1.82) is 0 Å². The first kappa shape index (κ1) is 17.6. The van der Waals surface area contributed by atoms with Crippen LogP contribution in [0.15, 0.2) is 18.7 Å². The largest absolute Gasteiger partial charge is 0.493 e. The first-order valence-corrected chi connectivity index (χ1v) is 8.02. The second kappa shape index (κ2) is 8.11. The van der Waals surface area contributed by atoms with Crippen molar-refractivity contribution >= 4 is 6.08 Å². The van der Waals surface area contributed by atoms with E-state index in [4.69, 9.17) is 9.47 Å². The van der Waals surface area contributed by atoms with Gasteiger partial charge in [0.2, 0.25) is 0 Å². The van der Waals surface area contributed by atoms with Gasteiger partial charge in [0.1, 0.15) is 17.1 Å². The van der Waals surface area contributed by atoms with Gasteiger partial charge in [-0.25, -0.2) is 0 Å². The predicted octanol–water partition coefficient (Wildman–Crippen LogP) is 5.64. The van der Waals surface area contributed by atoms with Crippen LogP contribution in [0.2, 0.25) is 0 Å². The highest BCUT2D eigenvalue weighted by molar-refractivity contribution is 5.64. The Hall–Kier alpha value is -1.44. The van der Waals surface area contributed by atoms with Gasteiger partial charge < -0.3 is 9.47 Å². The molecule has 0 radical (unpaired) electrons. The molecule has 0 N–H and O–H groups in total. The van der Waals surface area contributed by atoms with Crippen molar-refractivity contribution in [2.24, 2.45) is 0 Å². The Morgan fingerprint density at radius 1 is 1.10 bits per heavy atom. The lowest BCUT2D eigenvalue weighted by Crippen LogP contribution is -2.23. The highest BCUT2D eigenvalue weighted by Gasteiger charge is 2.17. The maximum absolute atomic E-state index is 6.11. The van der Waals surface area contributed by atoms with Crippen LogP contribution in [0.3, 0.4) is 0 Å². The molecule has 0 aliphatic rings. The van der Waals surface area contributed by atoms with Crippen LogP contribution in [0.1, 0.15) is 65.0 Å². The van der Waals surface area contributed by atoms with E-state index in [2.05, 4.69) is 46.4 Å². The molecule has 0 spiro atoms. The second-order valence-electron chi connectivity index (χ2n) is 6.31. The molecular formula is C19H30O2. The molecule has 0 saturated heterocycles. The van der Waals surface area contributed by atoms with Crippen LogP contribution in [-0.4, -0.2) is 12.2 Å². The minimum absolute atomic E-state index is 0.233. The number of benzene rings is 1. The average molecular weight is 290 g/mol. The van der Waals surface area contributed by atoms with Crippen molar-refractivity contribution in [2.45, 2.75) is 65.9 Å². The number of ether oxygens (including phenoxy) is 2. The van der Waals surface area contributed by atoms with Gasteiger partial charge in [0.25, 0.3) is 0 Å². The van der Waals surface area contributed by atoms with Gasteiger partial charge in [-0.15, -0.1) is 0 Å². The van der Waals surface area contributed by atoms with E-state index in [1.807, 2.05) is 13.0 Å². The summed E-state index contributed by atoms with van der Waals surface area (Å²) in [5.74, 6) is 1.75. The van der Waals surface area contributed by atoms with E-state index in [0.29, 0.717) is 6.61 Å². The van der Waals surface area contributed by atoms with E-state index < -0.39 is 0 Å². The lowest BCUT2D eigenvalue weighted by Gasteiger charge is -2.24. The Bertz CT molecular complexity index is 455. The second-order valence-corrected chi connectivity index (χ2v) is 6.31. The van der Waals surface area contributed by atoms with Crippen molar-refractivity contribution in [3.63, 3.8) is 0 Å². The number of hydrogen-bond donors (Lipinski definition) is 0. The van der Waals surface area contributed by atoms with Gasteiger partial charge in [-0.3, -0.25) is 0 Å². The normalized spacial score (nSPS) is 11.3. The third-order valence-corrected chi connectivity index (χ3v) is 3.15. The van der Waals surface area contributed by atoms with E-state index in [1.54, 1.807) is 0 Å². The standard InChI is InChI=1S/C19H30O2/c1-7-10-11-12-15-13-17(20-9-3)16(8-2)18(14-15)21-19(4,5)6/h8,13-14H,2,7,9-12H2,1,3-6H3. The predicted molar refractivity (Wildman–Crippen MR) is 91.3 cm³/mol. The molecular weight excluding hydrogens is 260 g/mol. The van der Waals surface area contributed by atoms with E-state index in [9.17, 15) is 0 Å². The SMILES string of the molecule is C=Cc1c(OCC)cc(CCCCC)cc1OC(C)(C)C. The minimum Gasteiger partial charge on any atom is -0.493 e. The highest BCUT2D eigenvalue weighted by atomic mass is 16.5. The van der Waals surface area contributed by atoms with Crippen molar-refractivity contribution in [3.05, 3.63) is 29.8 Å². The zero-order valence-electron chi connectivity index (χ0n) is 14.3. The number of hydrogen-bond acceptors (Lipinski definition) is 2. The molecule has 0 saturated carbocycles. The Morgan fingerprint density at radius 3 is 2.29 bits per heavy atom. The smallest absolute Gasteiger partial charge is 0.131 e. The number of unbranched alkanes of at least 4 members (excludes halogenated alkanes) is 2. The van der Waals surface area contributed by atoms with Crippen LogP contribution in [0.25, 0.3) is 6.08 Å². The Kier molecular flexibility index (Phi) is 6.80. The molecule has 0 heterocycles. The quantitative estimate of drug-likeness (QED) is 0.577. The van der Waals surface area contributed by atoms with Gasteiger partial charge in [-0.1, -0.05) is 32.4 Å². The number of rotatable bonds is 8. The van der Waals surface area contributed by atoms with Crippen LogP contribution in [0, 0.1) is 0 Å². The van der Waals surface area contributed by atoms with Crippen molar-refractivity contribution in [1.82, 2.24) is 0 Å². The molecule has 0 bridgehead atoms. The Morgan fingerprint density at radius 2 is 1.76 bits per heavy atom. The summed E-state index contributed by atoms with van der Waals surface area (Å²) in [7, 11) is 0. The Labute approximate surface area is 130 Å². The molecule has 0 fully saturated rings. The Balaban J connectivity index is 3.13. The summed E-state index contributed by atoms with van der Waals surface area (Å²) in [6.45, 7) is 15.0. The van der Waals surface area contributed by atoms with Crippen LogP contribution in [0.4, 0.5) is 0 Å². The molecule has 21 heavy (non-hydrogen) atoms. The lowest BCUT2D eigenvalue weighted by atomic mass is 10.0. The van der Waals surface area contributed by atoms with Gasteiger partial charge >= 0.3 is 0 Å². The van der Waals surface area contributed by atoms with Gasteiger partial charge in [0.05, 0.1) is 12.2 Å². The summed E-state index contributed by atoms with van der Waals surface area (Å²) in [6, 6.07) is 4.27. The highest BCUT2D eigenvalue weighted by Crippen LogP contribution is 2.34. The summed E-state index contributed by atoms with van der Waals surface area (Å²) < 4.78 is 11.9. The molecule has 118 valence electrons. The fraction of sp³-hybridized carbons (Fsp3) is 0.579. The first-order valence-electron chi connectivity index (χ1n) is 8.02. The number of aryl methyl sites for hydroxylation is 1. The molecule has 0 amide bonds. The summed E-state index contributed by atoms with van der Waals surface area (Å²) in [6.07, 6.45) is 6.56. The first-order chi connectivity index (χ1) is 9.91. The topological polar surface area (TPSA) is 18.5 Å². The van der Waals surface area contributed by atoms with Gasteiger partial charge in [-0.2, -0.15) is 0 Å². The summed E-state index contributed by atoms with van der Waals surface area (Å²) >= 11 is 0. The molecule has 0 aromatic heterocycles. The van der Waals surface area contributed by atoms with Crippen molar-refractivity contribution in [3.8, 4) is 11.5 Å². The summed E-state index contributed by atoms with van der Waals surface area (Å²) in [4.78, 5) is 0. The van der Waals surface area contributed by atoms with E-state index in [0.717, 1.165) is 23.5 Å². The molecule has 0 unspecified atom stereocenters. The molecule has 0 aliphatic carbocycles. The maximum atomic E-state index is 6.11. The lowest BCUT2D eigenvalue weighted by molar-refractivity contribution is 0.130. The van der Waals surface area contributed by atoms with Crippen LogP contribution >= 0.6 is 0 Å². The fourth-order valence-electron chi connectivity index (χ4n) is 2.27. The van der Waals surface area contributed by atoms with Crippen LogP contribution in [-0.2, 0) is 6.42 Å². The molecule has 2 nitrogen and oxygen atoms in total. The maximum Gasteiger partial charge on any atom is 0.131 e. The monoisotopic (exact) mass is 290 g/mol. The van der Waals surface area contributed by atoms with E-state index in [1.165, 1.54) is 24.8 Å². The average Bonchev–Trinajstić information content (AvgIpc) is 2.37. The summed E-state index contributed by atoms with van der Waals surface area (Å²) in [5.41, 5.74) is 1.99. The van der Waals surface area contributed by atoms with Crippen LogP contribution < -0.4 is 9.47 Å². The zero-order valence-corrected chi connectivity index (χ0v) is 14.3. The van der Waals surface area contributed by atoms with Crippen molar-refractivity contribution < 1.29 is 9.47 Å². The van der Waals surface area contributed by atoms with Gasteiger partial charge in [0, 0.05) is 0 Å². The van der Waals surface area contributed by atoms with Crippen molar-refractivity contribution in [2.75, 3.05) is 6.61 Å². The fourth-order valence-corrected chi connectivity index (χ4v) is 2.27. The van der Waals surface area contributed by atoms with E-state index >= 15 is 0 Å². The molecule has 0 aliphatic heterocycles. The van der Waals surface area contributed by atoms with Gasteiger partial charge in [-0.05, 0) is 58.2 Å². The molecule has 1 aromatic carbocycles. The molecule has 1 rings (SSSR count).